The van der Waals surface area contributed by atoms with Crippen LogP contribution in [0.5, 0.6) is 0 Å². The van der Waals surface area contributed by atoms with Crippen molar-refractivity contribution in [2.24, 2.45) is 5.73 Å². The molecule has 0 unspecified atom stereocenters. The Balaban J connectivity index is 2.47. The van der Waals surface area contributed by atoms with Gasteiger partial charge >= 0.3 is 0 Å². The Morgan fingerprint density at radius 3 is 2.59 bits per heavy atom. The second kappa shape index (κ2) is 3.30. The van der Waals surface area contributed by atoms with Crippen LogP contribution in [-0.2, 0) is 5.41 Å². The van der Waals surface area contributed by atoms with Gasteiger partial charge in [0.2, 0.25) is 0 Å². The number of fused-ring (bicyclic) bond motifs is 3. The number of halogens is 1. The SMILES string of the molecule is CC1(C)C[C@H](N)c2cc(F)c3ccccc3c21. The fraction of sp³-hybridized carbons (Fsp3) is 0.333. The molecular formula is C15H16FN. The van der Waals surface area contributed by atoms with Crippen molar-refractivity contribution < 1.29 is 4.39 Å². The molecule has 2 N–H and O–H groups in total. The van der Waals surface area contributed by atoms with Crippen molar-refractivity contribution in [2.75, 3.05) is 0 Å². The molecule has 2 aromatic carbocycles. The van der Waals surface area contributed by atoms with Crippen LogP contribution in [0.25, 0.3) is 10.8 Å². The third-order valence-corrected chi connectivity index (χ3v) is 3.83. The van der Waals surface area contributed by atoms with Gasteiger partial charge in [-0.15, -0.1) is 0 Å². The van der Waals surface area contributed by atoms with E-state index in [1.807, 2.05) is 24.3 Å². The number of hydrogen-bond acceptors (Lipinski definition) is 1. The van der Waals surface area contributed by atoms with E-state index in [-0.39, 0.29) is 17.3 Å². The lowest BCUT2D eigenvalue weighted by molar-refractivity contribution is 0.483. The van der Waals surface area contributed by atoms with E-state index in [1.165, 1.54) is 5.56 Å². The van der Waals surface area contributed by atoms with Crippen LogP contribution in [0.3, 0.4) is 0 Å². The van der Waals surface area contributed by atoms with Crippen LogP contribution in [0.2, 0.25) is 0 Å². The molecule has 0 aromatic heterocycles. The molecule has 0 amide bonds. The Labute approximate surface area is 100 Å². The Bertz CT molecular complexity index is 601. The quantitative estimate of drug-likeness (QED) is 0.733. The summed E-state index contributed by atoms with van der Waals surface area (Å²) in [6.45, 7) is 4.37. The minimum absolute atomic E-state index is 0.0298. The van der Waals surface area contributed by atoms with Crippen LogP contribution in [0, 0.1) is 5.82 Å². The largest absolute Gasteiger partial charge is 0.324 e. The molecular weight excluding hydrogens is 213 g/mol. The van der Waals surface area contributed by atoms with Crippen LogP contribution >= 0.6 is 0 Å². The van der Waals surface area contributed by atoms with Crippen molar-refractivity contribution in [3.05, 3.63) is 47.3 Å². The van der Waals surface area contributed by atoms with Gasteiger partial charge < -0.3 is 5.73 Å². The van der Waals surface area contributed by atoms with Gasteiger partial charge in [-0.05, 0) is 34.4 Å². The number of hydrogen-bond donors (Lipinski definition) is 1. The summed E-state index contributed by atoms with van der Waals surface area (Å²) < 4.78 is 14.0. The first-order valence-corrected chi connectivity index (χ1v) is 5.98. The van der Waals surface area contributed by atoms with Gasteiger partial charge in [0.05, 0.1) is 0 Å². The second-order valence-electron chi connectivity index (χ2n) is 5.56. The lowest BCUT2D eigenvalue weighted by atomic mass is 9.83. The third kappa shape index (κ3) is 1.40. The van der Waals surface area contributed by atoms with E-state index in [4.69, 9.17) is 5.73 Å². The molecule has 1 aliphatic carbocycles. The van der Waals surface area contributed by atoms with E-state index in [9.17, 15) is 4.39 Å². The number of benzene rings is 2. The van der Waals surface area contributed by atoms with E-state index in [0.717, 1.165) is 17.4 Å². The van der Waals surface area contributed by atoms with Crippen LogP contribution in [0.1, 0.15) is 37.4 Å². The molecule has 17 heavy (non-hydrogen) atoms. The molecule has 0 radical (unpaired) electrons. The Morgan fingerprint density at radius 1 is 1.24 bits per heavy atom. The van der Waals surface area contributed by atoms with Crippen molar-refractivity contribution in [1.82, 2.24) is 0 Å². The first kappa shape index (κ1) is 10.7. The van der Waals surface area contributed by atoms with E-state index in [0.29, 0.717) is 5.39 Å². The highest BCUT2D eigenvalue weighted by atomic mass is 19.1. The highest BCUT2D eigenvalue weighted by Crippen LogP contribution is 2.47. The van der Waals surface area contributed by atoms with Gasteiger partial charge in [0.15, 0.2) is 0 Å². The highest BCUT2D eigenvalue weighted by molar-refractivity contribution is 5.89. The fourth-order valence-corrected chi connectivity index (χ4v) is 3.16. The number of nitrogens with two attached hydrogens (primary N) is 1. The summed E-state index contributed by atoms with van der Waals surface area (Å²) in [6, 6.07) is 9.25. The summed E-state index contributed by atoms with van der Waals surface area (Å²) in [5.74, 6) is -0.160. The van der Waals surface area contributed by atoms with Gasteiger partial charge in [-0.2, -0.15) is 0 Å². The van der Waals surface area contributed by atoms with Crippen molar-refractivity contribution in [3.8, 4) is 0 Å². The maximum absolute atomic E-state index is 14.0. The topological polar surface area (TPSA) is 26.0 Å². The van der Waals surface area contributed by atoms with Crippen molar-refractivity contribution >= 4 is 10.8 Å². The molecule has 2 aromatic rings. The van der Waals surface area contributed by atoms with E-state index in [2.05, 4.69) is 13.8 Å². The Morgan fingerprint density at radius 2 is 1.88 bits per heavy atom. The van der Waals surface area contributed by atoms with Gasteiger partial charge in [0, 0.05) is 11.4 Å². The maximum Gasteiger partial charge on any atom is 0.131 e. The molecule has 1 aliphatic rings. The Hall–Kier alpha value is -1.41. The smallest absolute Gasteiger partial charge is 0.131 e. The van der Waals surface area contributed by atoms with Gasteiger partial charge in [-0.1, -0.05) is 38.1 Å². The molecule has 0 bridgehead atoms. The average molecular weight is 229 g/mol. The fourth-order valence-electron chi connectivity index (χ4n) is 3.16. The van der Waals surface area contributed by atoms with Crippen LogP contribution in [0.4, 0.5) is 4.39 Å². The zero-order chi connectivity index (χ0) is 12.2. The van der Waals surface area contributed by atoms with E-state index >= 15 is 0 Å². The first-order valence-electron chi connectivity index (χ1n) is 5.98. The summed E-state index contributed by atoms with van der Waals surface area (Å²) in [7, 11) is 0. The molecule has 0 spiro atoms. The lowest BCUT2D eigenvalue weighted by Gasteiger charge is -2.21. The van der Waals surface area contributed by atoms with Gasteiger partial charge in [0.25, 0.3) is 0 Å². The molecule has 1 nitrogen and oxygen atoms in total. The van der Waals surface area contributed by atoms with Crippen LogP contribution < -0.4 is 5.73 Å². The molecule has 0 saturated heterocycles. The van der Waals surface area contributed by atoms with E-state index in [1.54, 1.807) is 6.07 Å². The predicted molar refractivity (Wildman–Crippen MR) is 68.5 cm³/mol. The second-order valence-corrected chi connectivity index (χ2v) is 5.56. The summed E-state index contributed by atoms with van der Waals surface area (Å²) in [5, 5.41) is 1.72. The van der Waals surface area contributed by atoms with Crippen molar-refractivity contribution in [3.63, 3.8) is 0 Å². The number of rotatable bonds is 0. The van der Waals surface area contributed by atoms with Crippen molar-refractivity contribution in [1.29, 1.82) is 0 Å². The zero-order valence-electron chi connectivity index (χ0n) is 10.1. The monoisotopic (exact) mass is 229 g/mol. The zero-order valence-corrected chi connectivity index (χ0v) is 10.1. The molecule has 0 aliphatic heterocycles. The van der Waals surface area contributed by atoms with Gasteiger partial charge in [0.1, 0.15) is 5.82 Å². The highest BCUT2D eigenvalue weighted by Gasteiger charge is 2.37. The summed E-state index contributed by atoms with van der Waals surface area (Å²) in [5.41, 5.74) is 8.35. The minimum Gasteiger partial charge on any atom is -0.324 e. The summed E-state index contributed by atoms with van der Waals surface area (Å²) in [6.07, 6.45) is 0.885. The summed E-state index contributed by atoms with van der Waals surface area (Å²) in [4.78, 5) is 0. The molecule has 1 atom stereocenters. The van der Waals surface area contributed by atoms with Crippen molar-refractivity contribution in [2.45, 2.75) is 31.7 Å². The third-order valence-electron chi connectivity index (χ3n) is 3.83. The lowest BCUT2D eigenvalue weighted by Crippen LogP contribution is -2.14. The normalized spacial score (nSPS) is 21.8. The minimum atomic E-state index is -0.160. The first-order chi connectivity index (χ1) is 8.00. The van der Waals surface area contributed by atoms with Crippen LogP contribution in [0.15, 0.2) is 30.3 Å². The molecule has 0 saturated carbocycles. The predicted octanol–water partition coefficient (Wildman–Crippen LogP) is 3.66. The summed E-state index contributed by atoms with van der Waals surface area (Å²) >= 11 is 0. The van der Waals surface area contributed by atoms with Gasteiger partial charge in [-0.25, -0.2) is 4.39 Å². The molecule has 0 heterocycles. The molecule has 88 valence electrons. The van der Waals surface area contributed by atoms with E-state index < -0.39 is 0 Å². The standard InChI is InChI=1S/C15H16FN/c1-15(2)8-13(17)11-7-12(16)9-5-3-4-6-10(9)14(11)15/h3-7,13H,8,17H2,1-2H3/t13-/m0/s1. The Kier molecular flexibility index (Phi) is 2.08. The van der Waals surface area contributed by atoms with Gasteiger partial charge in [-0.3, -0.25) is 0 Å². The molecule has 3 rings (SSSR count). The molecule has 0 fully saturated rings. The maximum atomic E-state index is 14.0. The average Bonchev–Trinajstić information content (AvgIpc) is 2.49. The molecule has 2 heteroatoms. The van der Waals surface area contributed by atoms with Crippen LogP contribution in [-0.4, -0.2) is 0 Å².